The zero-order chi connectivity index (χ0) is 12.4. The minimum Gasteiger partial charge on any atom is -0.369 e. The topological polar surface area (TPSA) is 40.7 Å². The third-order valence-electron chi connectivity index (χ3n) is 2.82. The average molecular weight is 257 g/mol. The molecule has 4 heteroatoms. The van der Waals surface area contributed by atoms with Crippen LogP contribution in [0.1, 0.15) is 13.3 Å². The molecule has 0 aliphatic heterocycles. The molecule has 3 aromatic rings. The molecule has 0 aliphatic carbocycles. The van der Waals surface area contributed by atoms with Gasteiger partial charge in [-0.1, -0.05) is 25.1 Å². The van der Waals surface area contributed by atoms with Gasteiger partial charge in [0.15, 0.2) is 0 Å². The fourth-order valence-corrected chi connectivity index (χ4v) is 2.93. The minimum atomic E-state index is 0.921. The van der Waals surface area contributed by atoms with Crippen LogP contribution in [-0.4, -0.2) is 16.7 Å². The molecule has 3 nitrogen and oxygen atoms in total. The van der Waals surface area contributed by atoms with Crippen LogP contribution in [0.15, 0.2) is 36.4 Å². The quantitative estimate of drug-likeness (QED) is 0.738. The van der Waals surface area contributed by atoms with Gasteiger partial charge in [-0.25, -0.2) is 0 Å². The van der Waals surface area contributed by atoms with E-state index in [1.807, 2.05) is 0 Å². The van der Waals surface area contributed by atoms with Crippen molar-refractivity contribution in [1.82, 2.24) is 10.2 Å². The summed E-state index contributed by atoms with van der Waals surface area (Å²) in [7, 11) is 0. The van der Waals surface area contributed by atoms with Gasteiger partial charge in [0, 0.05) is 17.3 Å². The molecule has 0 spiro atoms. The van der Waals surface area contributed by atoms with E-state index in [-0.39, 0.29) is 0 Å². The van der Waals surface area contributed by atoms with Crippen molar-refractivity contribution < 1.29 is 0 Å². The van der Waals surface area contributed by atoms with Crippen molar-refractivity contribution in [2.24, 2.45) is 0 Å². The van der Waals surface area contributed by atoms with Crippen molar-refractivity contribution in [3.8, 4) is 10.6 Å². The molecular formula is C14H15N3S. The molecule has 0 unspecified atom stereocenters. The molecule has 0 atom stereocenters. The zero-order valence-electron chi connectivity index (χ0n) is 10.2. The molecule has 0 saturated carbocycles. The highest BCUT2D eigenvalue weighted by Gasteiger charge is 2.07. The normalized spacial score (nSPS) is 10.9. The number of thiophene rings is 1. The number of H-pyrrole nitrogens is 1. The zero-order valence-corrected chi connectivity index (χ0v) is 11.1. The third-order valence-corrected chi connectivity index (χ3v) is 3.97. The molecule has 2 N–H and O–H groups in total. The number of hydrogen-bond acceptors (Lipinski definition) is 3. The number of nitrogens with one attached hydrogen (secondary N) is 2. The van der Waals surface area contributed by atoms with Crippen LogP contribution >= 0.6 is 11.3 Å². The molecule has 3 rings (SSSR count). The van der Waals surface area contributed by atoms with Crippen LogP contribution in [0, 0.1) is 0 Å². The highest BCUT2D eigenvalue weighted by atomic mass is 32.1. The summed E-state index contributed by atoms with van der Waals surface area (Å²) in [5.74, 6) is 0.921. The third kappa shape index (κ3) is 2.11. The summed E-state index contributed by atoms with van der Waals surface area (Å²) in [6.07, 6.45) is 1.10. The van der Waals surface area contributed by atoms with Gasteiger partial charge in [-0.15, -0.1) is 11.3 Å². The summed E-state index contributed by atoms with van der Waals surface area (Å²) < 4.78 is 1.31. The van der Waals surface area contributed by atoms with Crippen molar-refractivity contribution in [2.75, 3.05) is 11.9 Å². The number of rotatable bonds is 4. The Morgan fingerprint density at radius 3 is 3.00 bits per heavy atom. The van der Waals surface area contributed by atoms with Crippen molar-refractivity contribution in [1.29, 1.82) is 0 Å². The molecule has 0 aliphatic rings. The van der Waals surface area contributed by atoms with Crippen LogP contribution in [0.5, 0.6) is 0 Å². The number of benzene rings is 1. The molecule has 18 heavy (non-hydrogen) atoms. The van der Waals surface area contributed by atoms with Crippen molar-refractivity contribution in [3.05, 3.63) is 36.4 Å². The maximum Gasteiger partial charge on any atom is 0.148 e. The standard InChI is InChI=1S/C14H15N3S/c1-2-7-15-14-9-11(16-17-14)13-8-10-5-3-4-6-12(10)18-13/h3-6,8-9H,2,7H2,1H3,(H2,15,16,17). The molecule has 0 saturated heterocycles. The lowest BCUT2D eigenvalue weighted by molar-refractivity contribution is 0.961. The second-order valence-corrected chi connectivity index (χ2v) is 5.33. The van der Waals surface area contributed by atoms with E-state index in [4.69, 9.17) is 0 Å². The second kappa shape index (κ2) is 4.82. The Bertz CT molecular complexity index is 621. The van der Waals surface area contributed by atoms with Crippen LogP contribution in [0.3, 0.4) is 0 Å². The summed E-state index contributed by atoms with van der Waals surface area (Å²) in [5.41, 5.74) is 1.08. The van der Waals surface area contributed by atoms with Crippen LogP contribution < -0.4 is 5.32 Å². The second-order valence-electron chi connectivity index (χ2n) is 4.24. The Morgan fingerprint density at radius 2 is 2.17 bits per heavy atom. The predicted molar refractivity (Wildman–Crippen MR) is 78.2 cm³/mol. The fraction of sp³-hybridized carbons (Fsp3) is 0.214. The average Bonchev–Trinajstić information content (AvgIpc) is 3.02. The summed E-state index contributed by atoms with van der Waals surface area (Å²) in [4.78, 5) is 1.23. The molecule has 0 radical (unpaired) electrons. The monoisotopic (exact) mass is 257 g/mol. The van der Waals surface area contributed by atoms with Gasteiger partial charge in [-0.2, -0.15) is 5.10 Å². The maximum absolute atomic E-state index is 4.27. The Kier molecular flexibility index (Phi) is 3.02. The minimum absolute atomic E-state index is 0.921. The van der Waals surface area contributed by atoms with Crippen LogP contribution in [-0.2, 0) is 0 Å². The SMILES string of the molecule is CCCNc1cc(-c2cc3ccccc3s2)[nH]n1. The predicted octanol–water partition coefficient (Wildman–Crippen LogP) is 4.11. The fourth-order valence-electron chi connectivity index (χ4n) is 1.91. The molecule has 92 valence electrons. The molecule has 0 bridgehead atoms. The Morgan fingerprint density at radius 1 is 1.28 bits per heavy atom. The summed E-state index contributed by atoms with van der Waals surface area (Å²) in [6.45, 7) is 3.10. The maximum atomic E-state index is 4.27. The first-order valence-corrected chi connectivity index (χ1v) is 6.96. The van der Waals surface area contributed by atoms with Crippen molar-refractivity contribution in [3.63, 3.8) is 0 Å². The van der Waals surface area contributed by atoms with E-state index >= 15 is 0 Å². The first-order chi connectivity index (χ1) is 8.86. The highest BCUT2D eigenvalue weighted by molar-refractivity contribution is 7.22. The van der Waals surface area contributed by atoms with E-state index in [1.54, 1.807) is 11.3 Å². The first kappa shape index (κ1) is 11.3. The Hall–Kier alpha value is -1.81. The Balaban J connectivity index is 1.91. The smallest absolute Gasteiger partial charge is 0.148 e. The van der Waals surface area contributed by atoms with Gasteiger partial charge in [0.1, 0.15) is 5.82 Å². The van der Waals surface area contributed by atoms with Gasteiger partial charge in [-0.3, -0.25) is 5.10 Å². The number of anilines is 1. The van der Waals surface area contributed by atoms with E-state index in [9.17, 15) is 0 Å². The van der Waals surface area contributed by atoms with Crippen LogP contribution in [0.4, 0.5) is 5.82 Å². The van der Waals surface area contributed by atoms with E-state index in [1.165, 1.54) is 15.0 Å². The lowest BCUT2D eigenvalue weighted by Gasteiger charge is -1.96. The van der Waals surface area contributed by atoms with Crippen LogP contribution in [0.25, 0.3) is 20.7 Å². The lowest BCUT2D eigenvalue weighted by atomic mass is 10.2. The number of aromatic amines is 1. The number of hydrogen-bond donors (Lipinski definition) is 2. The van der Waals surface area contributed by atoms with Gasteiger partial charge in [0.25, 0.3) is 0 Å². The van der Waals surface area contributed by atoms with Crippen molar-refractivity contribution in [2.45, 2.75) is 13.3 Å². The number of aromatic nitrogens is 2. The largest absolute Gasteiger partial charge is 0.369 e. The van der Waals surface area contributed by atoms with Gasteiger partial charge < -0.3 is 5.32 Å². The molecule has 2 aromatic heterocycles. The summed E-state index contributed by atoms with van der Waals surface area (Å²) in [5, 5.41) is 11.9. The van der Waals surface area contributed by atoms with Crippen LogP contribution in [0.2, 0.25) is 0 Å². The summed E-state index contributed by atoms with van der Waals surface area (Å²) in [6, 6.07) is 12.7. The van der Waals surface area contributed by atoms with Gasteiger partial charge >= 0.3 is 0 Å². The lowest BCUT2D eigenvalue weighted by Crippen LogP contribution is -1.99. The molecular weight excluding hydrogens is 242 g/mol. The van der Waals surface area contributed by atoms with Crippen molar-refractivity contribution >= 4 is 27.2 Å². The number of fused-ring (bicyclic) bond motifs is 1. The van der Waals surface area contributed by atoms with E-state index in [0.29, 0.717) is 0 Å². The molecule has 1 aromatic carbocycles. The van der Waals surface area contributed by atoms with Gasteiger partial charge in [0.05, 0.1) is 10.6 Å². The van der Waals surface area contributed by atoms with Gasteiger partial charge in [-0.05, 0) is 23.9 Å². The summed E-state index contributed by atoms with van der Waals surface area (Å²) >= 11 is 1.79. The molecule has 2 heterocycles. The highest BCUT2D eigenvalue weighted by Crippen LogP contribution is 2.32. The molecule has 0 fully saturated rings. The van der Waals surface area contributed by atoms with E-state index < -0.39 is 0 Å². The van der Waals surface area contributed by atoms with E-state index in [0.717, 1.165) is 24.5 Å². The first-order valence-electron chi connectivity index (χ1n) is 6.15. The van der Waals surface area contributed by atoms with E-state index in [2.05, 4.69) is 58.8 Å². The Labute approximate surface area is 110 Å². The van der Waals surface area contributed by atoms with Gasteiger partial charge in [0.2, 0.25) is 0 Å². The number of nitrogens with zero attached hydrogens (tertiary/aromatic N) is 1. The molecule has 0 amide bonds.